The van der Waals surface area contributed by atoms with Crippen LogP contribution >= 0.6 is 0 Å². The maximum atomic E-state index is 3.48. The molecule has 2 unspecified atom stereocenters. The van der Waals surface area contributed by atoms with Gasteiger partial charge in [-0.15, -0.1) is 0 Å². The minimum absolute atomic E-state index is 0.649. The van der Waals surface area contributed by atoms with Crippen LogP contribution in [0.15, 0.2) is 0 Å². The molecular weight excluding hydrogens is 172 g/mol. The summed E-state index contributed by atoms with van der Waals surface area (Å²) in [5.74, 6) is 0.956. The van der Waals surface area contributed by atoms with Crippen LogP contribution in [0.25, 0.3) is 0 Å². The molecule has 1 rings (SSSR count). The number of rotatable bonds is 5. The molecule has 0 saturated carbocycles. The van der Waals surface area contributed by atoms with Gasteiger partial charge in [0, 0.05) is 19.1 Å². The Morgan fingerprint density at radius 3 is 2.86 bits per heavy atom. The molecule has 14 heavy (non-hydrogen) atoms. The molecular formula is C12H26N2. The van der Waals surface area contributed by atoms with E-state index in [2.05, 4.69) is 31.0 Å². The Hall–Kier alpha value is -0.0800. The summed E-state index contributed by atoms with van der Waals surface area (Å²) in [4.78, 5) is 2.63. The van der Waals surface area contributed by atoms with Gasteiger partial charge >= 0.3 is 0 Å². The van der Waals surface area contributed by atoms with Crippen LogP contribution in [0.4, 0.5) is 0 Å². The van der Waals surface area contributed by atoms with Gasteiger partial charge in [0.1, 0.15) is 0 Å². The van der Waals surface area contributed by atoms with E-state index in [0.717, 1.165) is 12.5 Å². The first kappa shape index (κ1) is 12.0. The summed E-state index contributed by atoms with van der Waals surface area (Å²) in [6.07, 6.45) is 4.20. The maximum absolute atomic E-state index is 3.48. The Morgan fingerprint density at radius 2 is 2.21 bits per heavy atom. The average molecular weight is 198 g/mol. The van der Waals surface area contributed by atoms with E-state index < -0.39 is 0 Å². The molecule has 84 valence electrons. The molecule has 1 N–H and O–H groups in total. The minimum Gasteiger partial charge on any atom is -0.313 e. The fourth-order valence-corrected chi connectivity index (χ4v) is 2.45. The first-order valence-electron chi connectivity index (χ1n) is 6.22. The van der Waals surface area contributed by atoms with E-state index in [1.807, 2.05) is 0 Å². The van der Waals surface area contributed by atoms with Gasteiger partial charge in [0.15, 0.2) is 0 Å². The second kappa shape index (κ2) is 6.41. The van der Waals surface area contributed by atoms with Crippen molar-refractivity contribution in [2.24, 2.45) is 5.92 Å². The molecule has 1 heterocycles. The minimum atomic E-state index is 0.649. The van der Waals surface area contributed by atoms with Crippen LogP contribution < -0.4 is 5.32 Å². The lowest BCUT2D eigenvalue weighted by atomic mass is 9.95. The standard InChI is InChI=1S/C12H26N2/c1-4-12-7-6-8-14(10-12)9-11(3)13-5-2/h11-13H,4-10H2,1-3H3. The Labute approximate surface area is 89.1 Å². The first-order valence-corrected chi connectivity index (χ1v) is 6.22. The van der Waals surface area contributed by atoms with Crippen molar-refractivity contribution in [2.45, 2.75) is 46.1 Å². The number of hydrogen-bond donors (Lipinski definition) is 1. The highest BCUT2D eigenvalue weighted by Crippen LogP contribution is 2.18. The monoisotopic (exact) mass is 198 g/mol. The van der Waals surface area contributed by atoms with Gasteiger partial charge in [-0.25, -0.2) is 0 Å². The normalized spacial score (nSPS) is 26.4. The summed E-state index contributed by atoms with van der Waals surface area (Å²) in [5, 5.41) is 3.48. The molecule has 0 aromatic rings. The number of nitrogens with zero attached hydrogens (tertiary/aromatic N) is 1. The molecule has 0 spiro atoms. The van der Waals surface area contributed by atoms with Gasteiger partial charge in [0.05, 0.1) is 0 Å². The predicted octanol–water partition coefficient (Wildman–Crippen LogP) is 2.11. The number of hydrogen-bond acceptors (Lipinski definition) is 2. The smallest absolute Gasteiger partial charge is 0.0166 e. The summed E-state index contributed by atoms with van der Waals surface area (Å²) in [7, 11) is 0. The average Bonchev–Trinajstić information content (AvgIpc) is 2.18. The third kappa shape index (κ3) is 3.97. The zero-order valence-corrected chi connectivity index (χ0v) is 10.1. The molecule has 0 aromatic heterocycles. The summed E-state index contributed by atoms with van der Waals surface area (Å²) in [6.45, 7) is 11.7. The molecule has 1 aliphatic rings. The lowest BCUT2D eigenvalue weighted by Gasteiger charge is -2.34. The van der Waals surface area contributed by atoms with Crippen LogP contribution in [0.1, 0.15) is 40.0 Å². The zero-order chi connectivity index (χ0) is 10.4. The van der Waals surface area contributed by atoms with Crippen molar-refractivity contribution in [3.63, 3.8) is 0 Å². The van der Waals surface area contributed by atoms with Gasteiger partial charge in [0.2, 0.25) is 0 Å². The van der Waals surface area contributed by atoms with Crippen LogP contribution in [0.5, 0.6) is 0 Å². The van der Waals surface area contributed by atoms with E-state index in [-0.39, 0.29) is 0 Å². The van der Waals surface area contributed by atoms with E-state index in [4.69, 9.17) is 0 Å². The largest absolute Gasteiger partial charge is 0.313 e. The van der Waals surface area contributed by atoms with Gasteiger partial charge < -0.3 is 10.2 Å². The van der Waals surface area contributed by atoms with Crippen LogP contribution in [0.2, 0.25) is 0 Å². The van der Waals surface area contributed by atoms with E-state index in [9.17, 15) is 0 Å². The third-order valence-electron chi connectivity index (χ3n) is 3.27. The molecule has 1 fully saturated rings. The lowest BCUT2D eigenvalue weighted by molar-refractivity contribution is 0.159. The SMILES string of the molecule is CCNC(C)CN1CCCC(CC)C1. The molecule has 0 radical (unpaired) electrons. The molecule has 2 atom stereocenters. The molecule has 0 amide bonds. The van der Waals surface area contributed by atoms with Gasteiger partial charge in [0.25, 0.3) is 0 Å². The lowest BCUT2D eigenvalue weighted by Crippen LogP contribution is -2.43. The van der Waals surface area contributed by atoms with Gasteiger partial charge in [-0.3, -0.25) is 0 Å². The van der Waals surface area contributed by atoms with Crippen LogP contribution in [-0.4, -0.2) is 37.1 Å². The molecule has 1 aliphatic heterocycles. The molecule has 0 aromatic carbocycles. The summed E-state index contributed by atoms with van der Waals surface area (Å²) in [6, 6.07) is 0.649. The van der Waals surface area contributed by atoms with E-state index in [1.54, 1.807) is 0 Å². The van der Waals surface area contributed by atoms with Crippen molar-refractivity contribution < 1.29 is 0 Å². The van der Waals surface area contributed by atoms with Crippen LogP contribution in [0, 0.1) is 5.92 Å². The number of piperidine rings is 1. The van der Waals surface area contributed by atoms with Crippen molar-refractivity contribution in [3.05, 3.63) is 0 Å². The molecule has 2 nitrogen and oxygen atoms in total. The Kier molecular flexibility index (Phi) is 5.49. The molecule has 0 bridgehead atoms. The van der Waals surface area contributed by atoms with Crippen LogP contribution in [-0.2, 0) is 0 Å². The van der Waals surface area contributed by atoms with Crippen molar-refractivity contribution >= 4 is 0 Å². The molecule has 0 aliphatic carbocycles. The first-order chi connectivity index (χ1) is 6.76. The van der Waals surface area contributed by atoms with E-state index >= 15 is 0 Å². The highest BCUT2D eigenvalue weighted by molar-refractivity contribution is 4.75. The fraction of sp³-hybridized carbons (Fsp3) is 1.00. The topological polar surface area (TPSA) is 15.3 Å². The van der Waals surface area contributed by atoms with Gasteiger partial charge in [-0.2, -0.15) is 0 Å². The zero-order valence-electron chi connectivity index (χ0n) is 10.1. The van der Waals surface area contributed by atoms with Crippen molar-refractivity contribution in [3.8, 4) is 0 Å². The van der Waals surface area contributed by atoms with Crippen molar-refractivity contribution in [1.82, 2.24) is 10.2 Å². The highest BCUT2D eigenvalue weighted by atomic mass is 15.2. The van der Waals surface area contributed by atoms with Crippen molar-refractivity contribution in [2.75, 3.05) is 26.2 Å². The Bertz CT molecular complexity index is 147. The second-order valence-electron chi connectivity index (χ2n) is 4.63. The maximum Gasteiger partial charge on any atom is 0.0166 e. The summed E-state index contributed by atoms with van der Waals surface area (Å²) in [5.41, 5.74) is 0. The third-order valence-corrected chi connectivity index (χ3v) is 3.27. The van der Waals surface area contributed by atoms with E-state index in [0.29, 0.717) is 6.04 Å². The summed E-state index contributed by atoms with van der Waals surface area (Å²) >= 11 is 0. The predicted molar refractivity (Wildman–Crippen MR) is 62.6 cm³/mol. The van der Waals surface area contributed by atoms with E-state index in [1.165, 1.54) is 38.9 Å². The summed E-state index contributed by atoms with van der Waals surface area (Å²) < 4.78 is 0. The molecule has 1 saturated heterocycles. The second-order valence-corrected chi connectivity index (χ2v) is 4.63. The Morgan fingerprint density at radius 1 is 1.43 bits per heavy atom. The number of likely N-dealkylation sites (N-methyl/N-ethyl adjacent to an activating group) is 1. The number of nitrogens with one attached hydrogen (secondary N) is 1. The fourth-order valence-electron chi connectivity index (χ4n) is 2.45. The van der Waals surface area contributed by atoms with Crippen molar-refractivity contribution in [1.29, 1.82) is 0 Å². The van der Waals surface area contributed by atoms with Gasteiger partial charge in [-0.05, 0) is 38.8 Å². The highest BCUT2D eigenvalue weighted by Gasteiger charge is 2.19. The quantitative estimate of drug-likeness (QED) is 0.728. The van der Waals surface area contributed by atoms with Crippen LogP contribution in [0.3, 0.4) is 0 Å². The Balaban J connectivity index is 2.22. The molecule has 2 heteroatoms. The van der Waals surface area contributed by atoms with Gasteiger partial charge in [-0.1, -0.05) is 20.3 Å². The number of likely N-dealkylation sites (tertiary alicyclic amines) is 1.